The molecular formula is C17H19FOS. The SMILES string of the molecule is CC(C)(C)c1ccc(Sc2ccc(CO)cc2F)cc1. The van der Waals surface area contributed by atoms with Crippen molar-refractivity contribution in [2.45, 2.75) is 42.6 Å². The molecule has 0 saturated carbocycles. The first kappa shape index (κ1) is 15.1. The Balaban J connectivity index is 2.18. The van der Waals surface area contributed by atoms with Gasteiger partial charge >= 0.3 is 0 Å². The Morgan fingerprint density at radius 3 is 2.20 bits per heavy atom. The molecule has 0 unspecified atom stereocenters. The second-order valence-corrected chi connectivity index (χ2v) is 6.91. The number of hydrogen-bond donors (Lipinski definition) is 1. The third kappa shape index (κ3) is 3.62. The molecule has 0 aliphatic heterocycles. The maximum Gasteiger partial charge on any atom is 0.137 e. The van der Waals surface area contributed by atoms with Crippen molar-refractivity contribution in [3.8, 4) is 0 Å². The Labute approximate surface area is 123 Å². The normalized spacial score (nSPS) is 11.7. The van der Waals surface area contributed by atoms with E-state index in [-0.39, 0.29) is 17.8 Å². The predicted octanol–water partition coefficient (Wildman–Crippen LogP) is 4.77. The van der Waals surface area contributed by atoms with E-state index in [0.717, 1.165) is 4.90 Å². The summed E-state index contributed by atoms with van der Waals surface area (Å²) in [6.07, 6.45) is 0. The van der Waals surface area contributed by atoms with Gasteiger partial charge in [-0.25, -0.2) is 4.39 Å². The van der Waals surface area contributed by atoms with Crippen molar-refractivity contribution in [2.24, 2.45) is 0 Å². The lowest BCUT2D eigenvalue weighted by Crippen LogP contribution is -2.10. The molecule has 0 spiro atoms. The Morgan fingerprint density at radius 2 is 1.70 bits per heavy atom. The monoisotopic (exact) mass is 290 g/mol. The fraction of sp³-hybridized carbons (Fsp3) is 0.294. The summed E-state index contributed by atoms with van der Waals surface area (Å²) in [5, 5.41) is 8.98. The van der Waals surface area contributed by atoms with Crippen LogP contribution in [0.15, 0.2) is 52.3 Å². The predicted molar refractivity (Wildman–Crippen MR) is 81.6 cm³/mol. The van der Waals surface area contributed by atoms with Crippen molar-refractivity contribution in [1.29, 1.82) is 0 Å². The van der Waals surface area contributed by atoms with E-state index in [1.807, 2.05) is 12.1 Å². The molecule has 0 aromatic heterocycles. The molecular weight excluding hydrogens is 271 g/mol. The van der Waals surface area contributed by atoms with Crippen LogP contribution in [0.5, 0.6) is 0 Å². The standard InChI is InChI=1S/C17H19FOS/c1-17(2,3)13-5-7-14(8-6-13)20-16-9-4-12(11-19)10-15(16)18/h4-10,19H,11H2,1-3H3. The smallest absolute Gasteiger partial charge is 0.137 e. The van der Waals surface area contributed by atoms with Gasteiger partial charge in [-0.05, 0) is 40.8 Å². The Morgan fingerprint density at radius 1 is 1.05 bits per heavy atom. The van der Waals surface area contributed by atoms with E-state index >= 15 is 0 Å². The Kier molecular flexibility index (Phi) is 4.51. The molecule has 0 amide bonds. The van der Waals surface area contributed by atoms with Crippen LogP contribution in [0.25, 0.3) is 0 Å². The van der Waals surface area contributed by atoms with Crippen molar-refractivity contribution in [3.05, 3.63) is 59.4 Å². The highest BCUT2D eigenvalue weighted by Crippen LogP contribution is 2.32. The zero-order valence-electron chi connectivity index (χ0n) is 12.0. The van der Waals surface area contributed by atoms with Crippen molar-refractivity contribution in [3.63, 3.8) is 0 Å². The quantitative estimate of drug-likeness (QED) is 0.879. The lowest BCUT2D eigenvalue weighted by atomic mass is 9.87. The van der Waals surface area contributed by atoms with E-state index in [1.54, 1.807) is 12.1 Å². The summed E-state index contributed by atoms with van der Waals surface area (Å²) < 4.78 is 13.9. The molecule has 0 aliphatic carbocycles. The van der Waals surface area contributed by atoms with Crippen LogP contribution in [0.2, 0.25) is 0 Å². The first-order valence-electron chi connectivity index (χ1n) is 6.58. The average Bonchev–Trinajstić information content (AvgIpc) is 2.40. The van der Waals surface area contributed by atoms with Gasteiger partial charge in [-0.1, -0.05) is 50.7 Å². The van der Waals surface area contributed by atoms with Gasteiger partial charge < -0.3 is 5.11 Å². The van der Waals surface area contributed by atoms with Crippen LogP contribution < -0.4 is 0 Å². The lowest BCUT2D eigenvalue weighted by Gasteiger charge is -2.19. The van der Waals surface area contributed by atoms with E-state index < -0.39 is 0 Å². The van der Waals surface area contributed by atoms with Gasteiger partial charge in [0.2, 0.25) is 0 Å². The third-order valence-corrected chi connectivity index (χ3v) is 4.19. The van der Waals surface area contributed by atoms with Crippen LogP contribution in [0.1, 0.15) is 31.9 Å². The Hall–Kier alpha value is -1.32. The molecule has 1 N–H and O–H groups in total. The number of halogens is 1. The van der Waals surface area contributed by atoms with Gasteiger partial charge in [0, 0.05) is 9.79 Å². The summed E-state index contributed by atoms with van der Waals surface area (Å²) in [4.78, 5) is 1.58. The zero-order chi connectivity index (χ0) is 14.8. The summed E-state index contributed by atoms with van der Waals surface area (Å²) in [6.45, 7) is 6.37. The first-order valence-corrected chi connectivity index (χ1v) is 7.39. The van der Waals surface area contributed by atoms with Gasteiger partial charge in [-0.2, -0.15) is 0 Å². The van der Waals surface area contributed by atoms with Crippen LogP contribution >= 0.6 is 11.8 Å². The van der Waals surface area contributed by atoms with Crippen LogP contribution in [0, 0.1) is 5.82 Å². The number of aliphatic hydroxyl groups excluding tert-OH is 1. The Bertz CT molecular complexity index is 585. The molecule has 0 atom stereocenters. The minimum atomic E-state index is -0.290. The highest BCUT2D eigenvalue weighted by atomic mass is 32.2. The maximum atomic E-state index is 13.9. The number of hydrogen-bond acceptors (Lipinski definition) is 2. The van der Waals surface area contributed by atoms with E-state index in [4.69, 9.17) is 5.11 Å². The van der Waals surface area contributed by atoms with E-state index in [2.05, 4.69) is 32.9 Å². The molecule has 2 aromatic rings. The molecule has 2 rings (SSSR count). The molecule has 0 heterocycles. The van der Waals surface area contributed by atoms with Gasteiger partial charge in [-0.3, -0.25) is 0 Å². The summed E-state index contributed by atoms with van der Waals surface area (Å²) in [6, 6.07) is 13.0. The highest BCUT2D eigenvalue weighted by Gasteiger charge is 2.13. The summed E-state index contributed by atoms with van der Waals surface area (Å²) in [7, 11) is 0. The third-order valence-electron chi connectivity index (χ3n) is 3.13. The zero-order valence-corrected chi connectivity index (χ0v) is 12.8. The summed E-state index contributed by atoms with van der Waals surface area (Å²) in [5.74, 6) is -0.290. The fourth-order valence-corrected chi connectivity index (χ4v) is 2.69. The molecule has 1 nitrogen and oxygen atoms in total. The molecule has 0 fully saturated rings. The average molecular weight is 290 g/mol. The van der Waals surface area contributed by atoms with Crippen LogP contribution in [-0.2, 0) is 12.0 Å². The van der Waals surface area contributed by atoms with E-state index in [9.17, 15) is 4.39 Å². The van der Waals surface area contributed by atoms with Gasteiger partial charge in [0.05, 0.1) is 6.61 Å². The summed E-state index contributed by atoms with van der Waals surface area (Å²) in [5.41, 5.74) is 1.98. The topological polar surface area (TPSA) is 20.2 Å². The van der Waals surface area contributed by atoms with Gasteiger partial charge in [0.1, 0.15) is 5.82 Å². The fourth-order valence-electron chi connectivity index (χ4n) is 1.88. The molecule has 106 valence electrons. The van der Waals surface area contributed by atoms with Gasteiger partial charge in [-0.15, -0.1) is 0 Å². The first-order chi connectivity index (χ1) is 9.40. The second kappa shape index (κ2) is 5.98. The van der Waals surface area contributed by atoms with Crippen molar-refractivity contribution in [1.82, 2.24) is 0 Å². The largest absolute Gasteiger partial charge is 0.392 e. The van der Waals surface area contributed by atoms with Crippen molar-refractivity contribution < 1.29 is 9.50 Å². The minimum Gasteiger partial charge on any atom is -0.392 e. The molecule has 0 saturated heterocycles. The number of benzene rings is 2. The number of rotatable bonds is 3. The summed E-state index contributed by atoms with van der Waals surface area (Å²) >= 11 is 1.40. The molecule has 20 heavy (non-hydrogen) atoms. The van der Waals surface area contributed by atoms with Crippen LogP contribution in [-0.4, -0.2) is 5.11 Å². The van der Waals surface area contributed by atoms with Crippen LogP contribution in [0.4, 0.5) is 4.39 Å². The van der Waals surface area contributed by atoms with Gasteiger partial charge in [0.25, 0.3) is 0 Å². The molecule has 3 heteroatoms. The highest BCUT2D eigenvalue weighted by molar-refractivity contribution is 7.99. The molecule has 0 radical (unpaired) electrons. The second-order valence-electron chi connectivity index (χ2n) is 5.80. The molecule has 2 aromatic carbocycles. The number of aliphatic hydroxyl groups is 1. The maximum absolute atomic E-state index is 13.9. The lowest BCUT2D eigenvalue weighted by molar-refractivity contribution is 0.281. The van der Waals surface area contributed by atoms with Gasteiger partial charge in [0.15, 0.2) is 0 Å². The van der Waals surface area contributed by atoms with Crippen molar-refractivity contribution in [2.75, 3.05) is 0 Å². The van der Waals surface area contributed by atoms with Crippen LogP contribution in [0.3, 0.4) is 0 Å². The molecule has 0 aliphatic rings. The molecule has 0 bridgehead atoms. The van der Waals surface area contributed by atoms with E-state index in [1.165, 1.54) is 23.4 Å². The van der Waals surface area contributed by atoms with E-state index in [0.29, 0.717) is 10.5 Å². The van der Waals surface area contributed by atoms with Crippen molar-refractivity contribution >= 4 is 11.8 Å². The minimum absolute atomic E-state index is 0.122.